The third-order valence-corrected chi connectivity index (χ3v) is 1.37. The molecule has 0 radical (unpaired) electrons. The molecule has 2 aromatic rings. The first kappa shape index (κ1) is 6.65. The number of amides is 1. The van der Waals surface area contributed by atoms with Crippen molar-refractivity contribution in [2.75, 3.05) is 0 Å². The minimum absolute atomic E-state index is 0.102. The Bertz CT molecular complexity index is 434. The first-order valence-electron chi connectivity index (χ1n) is 3.10. The molecular formula is C5H4N6O. The molecule has 60 valence electrons. The van der Waals surface area contributed by atoms with Crippen molar-refractivity contribution in [1.82, 2.24) is 24.8 Å². The van der Waals surface area contributed by atoms with Gasteiger partial charge in [-0.05, 0) is 5.21 Å². The summed E-state index contributed by atoms with van der Waals surface area (Å²) in [4.78, 5) is 14.5. The Morgan fingerprint density at radius 3 is 3.08 bits per heavy atom. The van der Waals surface area contributed by atoms with Gasteiger partial charge in [-0.1, -0.05) is 0 Å². The lowest BCUT2D eigenvalue weighted by atomic mass is 10.4. The molecule has 0 aliphatic rings. The van der Waals surface area contributed by atoms with Crippen LogP contribution in [0.1, 0.15) is 10.5 Å². The normalized spacial score (nSPS) is 10.3. The van der Waals surface area contributed by atoms with Gasteiger partial charge < -0.3 is 5.73 Å². The summed E-state index contributed by atoms with van der Waals surface area (Å²) in [5, 5.41) is 10.5. The van der Waals surface area contributed by atoms with Crippen molar-refractivity contribution >= 4 is 11.6 Å². The van der Waals surface area contributed by atoms with Crippen LogP contribution in [0.15, 0.2) is 12.7 Å². The van der Waals surface area contributed by atoms with Crippen LogP contribution in [0.25, 0.3) is 5.65 Å². The molecule has 0 fully saturated rings. The van der Waals surface area contributed by atoms with Crippen molar-refractivity contribution in [2.45, 2.75) is 0 Å². The number of imidazole rings is 1. The molecule has 2 N–H and O–H groups in total. The fourth-order valence-electron chi connectivity index (χ4n) is 0.859. The number of carbonyl (C=O) groups is 1. The van der Waals surface area contributed by atoms with Gasteiger partial charge >= 0.3 is 0 Å². The van der Waals surface area contributed by atoms with Gasteiger partial charge in [0, 0.05) is 0 Å². The number of aromatic nitrogens is 5. The molecule has 7 nitrogen and oxygen atoms in total. The van der Waals surface area contributed by atoms with Gasteiger partial charge in [0.05, 0.1) is 0 Å². The monoisotopic (exact) mass is 164 g/mol. The van der Waals surface area contributed by atoms with Crippen molar-refractivity contribution in [3.05, 3.63) is 18.3 Å². The van der Waals surface area contributed by atoms with E-state index in [0.29, 0.717) is 5.65 Å². The van der Waals surface area contributed by atoms with Crippen molar-refractivity contribution in [3.63, 3.8) is 0 Å². The molecule has 0 aliphatic heterocycles. The van der Waals surface area contributed by atoms with E-state index in [4.69, 9.17) is 5.73 Å². The fraction of sp³-hybridized carbons (Fsp3) is 0. The highest BCUT2D eigenvalue weighted by Crippen LogP contribution is 2.01. The van der Waals surface area contributed by atoms with Gasteiger partial charge in [0.2, 0.25) is 0 Å². The summed E-state index contributed by atoms with van der Waals surface area (Å²) in [6, 6.07) is 0. The number of hydrogen-bond donors (Lipinski definition) is 1. The van der Waals surface area contributed by atoms with Gasteiger partial charge in [-0.3, -0.25) is 9.20 Å². The highest BCUT2D eigenvalue weighted by Gasteiger charge is 2.10. The van der Waals surface area contributed by atoms with E-state index in [-0.39, 0.29) is 5.69 Å². The minimum Gasteiger partial charge on any atom is -0.364 e. The Labute approximate surface area is 66.2 Å². The van der Waals surface area contributed by atoms with Gasteiger partial charge in [-0.25, -0.2) is 4.98 Å². The maximum Gasteiger partial charge on any atom is 0.271 e. The predicted molar refractivity (Wildman–Crippen MR) is 37.1 cm³/mol. The average molecular weight is 164 g/mol. The van der Waals surface area contributed by atoms with E-state index in [1.807, 2.05) is 0 Å². The molecule has 7 heteroatoms. The number of carbonyl (C=O) groups excluding carboxylic acids is 1. The molecule has 0 spiro atoms. The lowest BCUT2D eigenvalue weighted by molar-refractivity contribution is 0.0997. The Hall–Kier alpha value is -2.05. The summed E-state index contributed by atoms with van der Waals surface area (Å²) in [6.45, 7) is 0. The zero-order valence-corrected chi connectivity index (χ0v) is 5.88. The lowest BCUT2D eigenvalue weighted by Crippen LogP contribution is -2.12. The second kappa shape index (κ2) is 2.22. The molecular weight excluding hydrogens is 160 g/mol. The summed E-state index contributed by atoms with van der Waals surface area (Å²) < 4.78 is 1.47. The third kappa shape index (κ3) is 0.797. The maximum atomic E-state index is 10.7. The fourth-order valence-corrected chi connectivity index (χ4v) is 0.859. The van der Waals surface area contributed by atoms with Crippen LogP contribution >= 0.6 is 0 Å². The summed E-state index contributed by atoms with van der Waals surface area (Å²) in [5.41, 5.74) is 5.44. The second-order valence-corrected chi connectivity index (χ2v) is 2.11. The Morgan fingerprint density at radius 1 is 1.50 bits per heavy atom. The second-order valence-electron chi connectivity index (χ2n) is 2.11. The molecule has 0 aromatic carbocycles. The lowest BCUT2D eigenvalue weighted by Gasteiger charge is -1.88. The topological polar surface area (TPSA) is 99.1 Å². The molecule has 0 saturated carbocycles. The number of nitrogens with two attached hydrogens (primary N) is 1. The van der Waals surface area contributed by atoms with Gasteiger partial charge in [0.15, 0.2) is 11.3 Å². The Morgan fingerprint density at radius 2 is 2.33 bits per heavy atom. The van der Waals surface area contributed by atoms with E-state index in [2.05, 4.69) is 20.4 Å². The third-order valence-electron chi connectivity index (χ3n) is 1.37. The largest absolute Gasteiger partial charge is 0.364 e. The molecule has 2 heterocycles. The smallest absolute Gasteiger partial charge is 0.271 e. The standard InChI is InChI=1S/C5H4N6O/c6-4(12)3-5-9-10-8-2-11(5)1-7-3/h1-2H,(H2,6,12). The first-order chi connectivity index (χ1) is 5.79. The van der Waals surface area contributed by atoms with Crippen LogP contribution in [0.2, 0.25) is 0 Å². The summed E-state index contributed by atoms with van der Waals surface area (Å²) in [7, 11) is 0. The van der Waals surface area contributed by atoms with Crippen LogP contribution in [-0.2, 0) is 0 Å². The molecule has 1 amide bonds. The number of nitrogens with zero attached hydrogens (tertiary/aromatic N) is 5. The number of rotatable bonds is 1. The quantitative estimate of drug-likeness (QED) is 0.559. The first-order valence-corrected chi connectivity index (χ1v) is 3.10. The Kier molecular flexibility index (Phi) is 1.23. The van der Waals surface area contributed by atoms with E-state index in [9.17, 15) is 4.79 Å². The SMILES string of the molecule is NC(=O)c1ncn2cnnnc12. The summed E-state index contributed by atoms with van der Waals surface area (Å²) in [6.07, 6.45) is 2.79. The average Bonchev–Trinajstić information content (AvgIpc) is 2.47. The predicted octanol–water partition coefficient (Wildman–Crippen LogP) is -1.38. The molecule has 2 aromatic heterocycles. The van der Waals surface area contributed by atoms with Crippen molar-refractivity contribution in [1.29, 1.82) is 0 Å². The summed E-state index contributed by atoms with van der Waals surface area (Å²) >= 11 is 0. The molecule has 0 saturated heterocycles. The number of primary amides is 1. The number of fused-ring (bicyclic) bond motifs is 1. The zero-order valence-electron chi connectivity index (χ0n) is 5.88. The molecule has 0 unspecified atom stereocenters. The highest BCUT2D eigenvalue weighted by atomic mass is 16.1. The van der Waals surface area contributed by atoms with Gasteiger partial charge in [-0.2, -0.15) is 0 Å². The van der Waals surface area contributed by atoms with Gasteiger partial charge in [0.25, 0.3) is 5.91 Å². The van der Waals surface area contributed by atoms with Crippen molar-refractivity contribution in [2.24, 2.45) is 5.73 Å². The van der Waals surface area contributed by atoms with Crippen LogP contribution in [0, 0.1) is 0 Å². The van der Waals surface area contributed by atoms with Crippen molar-refractivity contribution in [3.8, 4) is 0 Å². The van der Waals surface area contributed by atoms with Gasteiger partial charge in [0.1, 0.15) is 12.7 Å². The number of hydrogen-bond acceptors (Lipinski definition) is 5. The summed E-state index contributed by atoms with van der Waals surface area (Å²) in [5.74, 6) is -0.627. The molecule has 0 bridgehead atoms. The van der Waals surface area contributed by atoms with Crippen LogP contribution in [0.3, 0.4) is 0 Å². The van der Waals surface area contributed by atoms with Gasteiger partial charge in [-0.15, -0.1) is 10.2 Å². The van der Waals surface area contributed by atoms with Crippen LogP contribution in [-0.4, -0.2) is 30.7 Å². The molecule has 0 atom stereocenters. The van der Waals surface area contributed by atoms with Crippen LogP contribution in [0.4, 0.5) is 0 Å². The zero-order chi connectivity index (χ0) is 8.55. The molecule has 0 aliphatic carbocycles. The van der Waals surface area contributed by atoms with E-state index in [1.165, 1.54) is 17.1 Å². The maximum absolute atomic E-state index is 10.7. The van der Waals surface area contributed by atoms with Crippen LogP contribution < -0.4 is 5.73 Å². The molecule has 12 heavy (non-hydrogen) atoms. The van der Waals surface area contributed by atoms with E-state index >= 15 is 0 Å². The minimum atomic E-state index is -0.627. The molecule has 2 rings (SSSR count). The highest BCUT2D eigenvalue weighted by molar-refractivity contribution is 5.96. The Balaban J connectivity index is 2.79. The van der Waals surface area contributed by atoms with E-state index in [1.54, 1.807) is 0 Å². The van der Waals surface area contributed by atoms with E-state index in [0.717, 1.165) is 0 Å². The van der Waals surface area contributed by atoms with E-state index < -0.39 is 5.91 Å². The van der Waals surface area contributed by atoms with Crippen molar-refractivity contribution < 1.29 is 4.79 Å². The van der Waals surface area contributed by atoms with Crippen LogP contribution in [0.5, 0.6) is 0 Å².